The molecule has 2 aromatic rings. The van der Waals surface area contributed by atoms with Crippen molar-refractivity contribution in [1.29, 1.82) is 0 Å². The maximum Gasteiger partial charge on any atom is 0.179 e. The van der Waals surface area contributed by atoms with Crippen molar-refractivity contribution in [2.45, 2.75) is 27.2 Å². The molecule has 100 valence electrons. The lowest BCUT2D eigenvalue weighted by molar-refractivity contribution is 0.102. The Bertz CT molecular complexity index is 613. The minimum absolute atomic E-state index is 0.0207. The molecule has 0 amide bonds. The zero-order chi connectivity index (χ0) is 14.0. The summed E-state index contributed by atoms with van der Waals surface area (Å²) in [5.41, 5.74) is 5.11. The number of hydrogen-bond donors (Lipinski definition) is 0. The predicted octanol–water partition coefficient (Wildman–Crippen LogP) is 4.08. The minimum Gasteiger partial charge on any atom is -0.318 e. The van der Waals surface area contributed by atoms with Crippen molar-refractivity contribution in [3.8, 4) is 5.69 Å². The third-order valence-corrected chi connectivity index (χ3v) is 3.67. The molecule has 2 rings (SSSR count). The summed E-state index contributed by atoms with van der Waals surface area (Å²) in [5.74, 6) is 0.00639. The first kappa shape index (κ1) is 13.9. The molecule has 3 heteroatoms. The SMILES string of the molecule is CCc1cccc(-n2c(C)cc(C(=O)CCl)c2C)c1. The zero-order valence-corrected chi connectivity index (χ0v) is 12.3. The second-order valence-corrected chi connectivity index (χ2v) is 4.97. The number of carbonyl (C=O) groups is 1. The van der Waals surface area contributed by atoms with Gasteiger partial charge < -0.3 is 4.57 Å². The molecule has 0 unspecified atom stereocenters. The van der Waals surface area contributed by atoms with Crippen molar-refractivity contribution < 1.29 is 4.79 Å². The zero-order valence-electron chi connectivity index (χ0n) is 11.5. The van der Waals surface area contributed by atoms with E-state index in [1.165, 1.54) is 5.56 Å². The Kier molecular flexibility index (Phi) is 4.11. The maximum atomic E-state index is 11.8. The predicted molar refractivity (Wildman–Crippen MR) is 79.7 cm³/mol. The summed E-state index contributed by atoms with van der Waals surface area (Å²) in [7, 11) is 0. The second kappa shape index (κ2) is 5.62. The third kappa shape index (κ3) is 2.59. The molecule has 0 aliphatic rings. The van der Waals surface area contributed by atoms with Gasteiger partial charge in [0.1, 0.15) is 0 Å². The molecule has 0 saturated carbocycles. The van der Waals surface area contributed by atoms with Crippen molar-refractivity contribution in [3.05, 3.63) is 52.8 Å². The van der Waals surface area contributed by atoms with Gasteiger partial charge >= 0.3 is 0 Å². The summed E-state index contributed by atoms with van der Waals surface area (Å²) in [5, 5.41) is 0. The van der Waals surface area contributed by atoms with Gasteiger partial charge in [0.15, 0.2) is 5.78 Å². The molecule has 1 aromatic heterocycles. The van der Waals surface area contributed by atoms with Crippen LogP contribution in [0.25, 0.3) is 5.69 Å². The monoisotopic (exact) mass is 275 g/mol. The Morgan fingerprint density at radius 3 is 2.63 bits per heavy atom. The fourth-order valence-corrected chi connectivity index (χ4v) is 2.57. The van der Waals surface area contributed by atoms with Crippen LogP contribution >= 0.6 is 11.6 Å². The van der Waals surface area contributed by atoms with Crippen molar-refractivity contribution in [2.24, 2.45) is 0 Å². The highest BCUT2D eigenvalue weighted by molar-refractivity contribution is 6.30. The summed E-state index contributed by atoms with van der Waals surface area (Å²) < 4.78 is 2.11. The van der Waals surface area contributed by atoms with Gasteiger partial charge in [-0.2, -0.15) is 0 Å². The van der Waals surface area contributed by atoms with Crippen LogP contribution < -0.4 is 0 Å². The summed E-state index contributed by atoms with van der Waals surface area (Å²) in [4.78, 5) is 11.8. The first-order valence-electron chi connectivity index (χ1n) is 6.46. The van der Waals surface area contributed by atoms with Crippen molar-refractivity contribution in [2.75, 3.05) is 5.88 Å². The molecule has 1 aromatic carbocycles. The highest BCUT2D eigenvalue weighted by atomic mass is 35.5. The summed E-state index contributed by atoms with van der Waals surface area (Å²) in [6, 6.07) is 10.3. The lowest BCUT2D eigenvalue weighted by Gasteiger charge is -2.11. The summed E-state index contributed by atoms with van der Waals surface area (Å²) >= 11 is 5.65. The lowest BCUT2D eigenvalue weighted by atomic mass is 10.1. The van der Waals surface area contributed by atoms with Crippen LogP contribution in [0.15, 0.2) is 30.3 Å². The Balaban J connectivity index is 2.56. The molecule has 0 fully saturated rings. The number of nitrogens with zero attached hydrogens (tertiary/aromatic N) is 1. The molecule has 0 radical (unpaired) electrons. The van der Waals surface area contributed by atoms with Gasteiger partial charge in [-0.05, 0) is 44.0 Å². The van der Waals surface area contributed by atoms with Crippen LogP contribution in [0.4, 0.5) is 0 Å². The van der Waals surface area contributed by atoms with E-state index in [4.69, 9.17) is 11.6 Å². The van der Waals surface area contributed by atoms with Crippen LogP contribution in [-0.4, -0.2) is 16.2 Å². The average Bonchev–Trinajstić information content (AvgIpc) is 2.73. The van der Waals surface area contributed by atoms with E-state index in [1.54, 1.807) is 0 Å². The number of Topliss-reactive ketones (excluding diaryl/α,β-unsaturated/α-hetero) is 1. The normalized spacial score (nSPS) is 10.7. The fourth-order valence-electron chi connectivity index (χ4n) is 2.43. The molecule has 0 saturated heterocycles. The Morgan fingerprint density at radius 2 is 2.00 bits per heavy atom. The molecule has 19 heavy (non-hydrogen) atoms. The van der Waals surface area contributed by atoms with Crippen molar-refractivity contribution in [3.63, 3.8) is 0 Å². The van der Waals surface area contributed by atoms with E-state index < -0.39 is 0 Å². The number of rotatable bonds is 4. The highest BCUT2D eigenvalue weighted by Crippen LogP contribution is 2.22. The smallest absolute Gasteiger partial charge is 0.179 e. The van der Waals surface area contributed by atoms with Crippen molar-refractivity contribution in [1.82, 2.24) is 4.57 Å². The first-order chi connectivity index (χ1) is 9.08. The average molecular weight is 276 g/mol. The number of ketones is 1. The number of hydrogen-bond acceptors (Lipinski definition) is 1. The Labute approximate surface area is 119 Å². The number of benzene rings is 1. The van der Waals surface area contributed by atoms with Crippen LogP contribution in [0.1, 0.15) is 34.2 Å². The quantitative estimate of drug-likeness (QED) is 0.609. The van der Waals surface area contributed by atoms with Gasteiger partial charge in [0.05, 0.1) is 5.88 Å². The molecule has 1 heterocycles. The van der Waals surface area contributed by atoms with E-state index in [1.807, 2.05) is 19.9 Å². The van der Waals surface area contributed by atoms with Crippen LogP contribution in [0.5, 0.6) is 0 Å². The van der Waals surface area contributed by atoms with Crippen LogP contribution in [0, 0.1) is 13.8 Å². The summed E-state index contributed by atoms with van der Waals surface area (Å²) in [6.07, 6.45) is 1.00. The molecule has 0 spiro atoms. The van der Waals surface area contributed by atoms with Gasteiger partial charge in [-0.3, -0.25) is 4.79 Å². The lowest BCUT2D eigenvalue weighted by Crippen LogP contribution is -2.04. The second-order valence-electron chi connectivity index (χ2n) is 4.70. The standard InChI is InChI=1S/C16H18ClNO/c1-4-13-6-5-7-14(9-13)18-11(2)8-15(12(18)3)16(19)10-17/h5-9H,4,10H2,1-3H3. The van der Waals surface area contributed by atoms with E-state index in [0.717, 1.165) is 29.1 Å². The Morgan fingerprint density at radius 1 is 1.26 bits per heavy atom. The van der Waals surface area contributed by atoms with Crippen LogP contribution in [-0.2, 0) is 6.42 Å². The van der Waals surface area contributed by atoms with Crippen LogP contribution in [0.2, 0.25) is 0 Å². The van der Waals surface area contributed by atoms with E-state index >= 15 is 0 Å². The molecule has 0 bridgehead atoms. The van der Waals surface area contributed by atoms with Gasteiger partial charge in [0, 0.05) is 22.6 Å². The molecular weight excluding hydrogens is 258 g/mol. The number of alkyl halides is 1. The van der Waals surface area contributed by atoms with Crippen LogP contribution in [0.3, 0.4) is 0 Å². The van der Waals surface area contributed by atoms with Gasteiger partial charge in [0.25, 0.3) is 0 Å². The van der Waals surface area contributed by atoms with Gasteiger partial charge in [-0.1, -0.05) is 19.1 Å². The largest absolute Gasteiger partial charge is 0.318 e. The van der Waals surface area contributed by atoms with Gasteiger partial charge in [-0.15, -0.1) is 11.6 Å². The number of aryl methyl sites for hydroxylation is 2. The first-order valence-corrected chi connectivity index (χ1v) is 6.99. The fraction of sp³-hybridized carbons (Fsp3) is 0.312. The topological polar surface area (TPSA) is 22.0 Å². The molecular formula is C16H18ClNO. The van der Waals surface area contributed by atoms with E-state index in [-0.39, 0.29) is 11.7 Å². The third-order valence-electron chi connectivity index (χ3n) is 3.43. The van der Waals surface area contributed by atoms with E-state index in [2.05, 4.69) is 35.8 Å². The molecule has 0 N–H and O–H groups in total. The van der Waals surface area contributed by atoms with E-state index in [9.17, 15) is 4.79 Å². The molecule has 0 aliphatic heterocycles. The summed E-state index contributed by atoms with van der Waals surface area (Å²) in [6.45, 7) is 6.11. The number of aromatic nitrogens is 1. The van der Waals surface area contributed by atoms with Gasteiger partial charge in [0.2, 0.25) is 0 Å². The number of halogens is 1. The Hall–Kier alpha value is -1.54. The maximum absolute atomic E-state index is 11.8. The highest BCUT2D eigenvalue weighted by Gasteiger charge is 2.15. The molecule has 0 atom stereocenters. The number of carbonyl (C=O) groups excluding carboxylic acids is 1. The van der Waals surface area contributed by atoms with Gasteiger partial charge in [-0.25, -0.2) is 0 Å². The van der Waals surface area contributed by atoms with Crippen molar-refractivity contribution >= 4 is 17.4 Å². The molecule has 0 aliphatic carbocycles. The van der Waals surface area contributed by atoms with E-state index in [0.29, 0.717) is 0 Å². The minimum atomic E-state index is -0.0207. The molecule has 2 nitrogen and oxygen atoms in total.